The fourth-order valence-corrected chi connectivity index (χ4v) is 2.35. The lowest BCUT2D eigenvalue weighted by Gasteiger charge is -2.14. The van der Waals surface area contributed by atoms with E-state index in [1.807, 2.05) is 32.9 Å². The number of allylic oxidation sites excluding steroid dienone is 3. The molecule has 1 heteroatoms. The fourth-order valence-electron chi connectivity index (χ4n) is 2.35. The summed E-state index contributed by atoms with van der Waals surface area (Å²) in [5.41, 5.74) is 3.90. The van der Waals surface area contributed by atoms with Crippen molar-refractivity contribution in [2.45, 2.75) is 94.4 Å². The van der Waals surface area contributed by atoms with Gasteiger partial charge in [0.05, 0.1) is 7.11 Å². The zero-order valence-corrected chi connectivity index (χ0v) is 20.1. The largest absolute Gasteiger partial charge is 0.497 e. The van der Waals surface area contributed by atoms with E-state index in [1.165, 1.54) is 48.8 Å². The van der Waals surface area contributed by atoms with Crippen LogP contribution in [0.15, 0.2) is 42.5 Å². The van der Waals surface area contributed by atoms with Crippen LogP contribution in [-0.2, 0) is 0 Å². The molecule has 0 radical (unpaired) electrons. The van der Waals surface area contributed by atoms with Crippen LogP contribution in [0.5, 0.6) is 5.75 Å². The van der Waals surface area contributed by atoms with E-state index in [-0.39, 0.29) is 0 Å². The van der Waals surface area contributed by atoms with Gasteiger partial charge >= 0.3 is 0 Å². The minimum atomic E-state index is 0.787. The smallest absolute Gasteiger partial charge is 0.118 e. The van der Waals surface area contributed by atoms with E-state index in [0.29, 0.717) is 0 Å². The Balaban J connectivity index is -0.000000349. The Hall–Kier alpha value is -1.50. The average Bonchev–Trinajstić information content (AvgIpc) is 2.70. The van der Waals surface area contributed by atoms with Crippen LogP contribution in [0.4, 0.5) is 0 Å². The first kappa shape index (κ1) is 30.2. The van der Waals surface area contributed by atoms with E-state index < -0.39 is 0 Å². The third kappa shape index (κ3) is 17.7. The van der Waals surface area contributed by atoms with E-state index in [9.17, 15) is 0 Å². The van der Waals surface area contributed by atoms with E-state index in [0.717, 1.165) is 11.7 Å². The Labute approximate surface area is 171 Å². The molecule has 158 valence electrons. The third-order valence-electron chi connectivity index (χ3n) is 3.95. The van der Waals surface area contributed by atoms with E-state index in [2.05, 4.69) is 66.3 Å². The maximum absolute atomic E-state index is 5.06. The molecule has 1 rings (SSSR count). The summed E-state index contributed by atoms with van der Waals surface area (Å²) in [6.45, 7) is 23.0. The summed E-state index contributed by atoms with van der Waals surface area (Å²) >= 11 is 0. The number of methoxy groups -OCH3 is 1. The SMILES string of the molecule is C/C=C(\C)c1ccc(OC)cc1.C=C(C)C(CCC)CCC.CC.CCC. The van der Waals surface area contributed by atoms with Gasteiger partial charge in [-0.25, -0.2) is 0 Å². The number of ether oxygens (including phenoxy) is 1. The van der Waals surface area contributed by atoms with Crippen LogP contribution in [0.3, 0.4) is 0 Å². The molecule has 0 aromatic heterocycles. The van der Waals surface area contributed by atoms with Crippen LogP contribution in [-0.4, -0.2) is 7.11 Å². The Morgan fingerprint density at radius 1 is 0.963 bits per heavy atom. The van der Waals surface area contributed by atoms with Gasteiger partial charge in [0.15, 0.2) is 0 Å². The van der Waals surface area contributed by atoms with Gasteiger partial charge in [0.2, 0.25) is 0 Å². The lowest BCUT2D eigenvalue weighted by molar-refractivity contribution is 0.415. The van der Waals surface area contributed by atoms with Crippen LogP contribution in [0.25, 0.3) is 5.57 Å². The fraction of sp³-hybridized carbons (Fsp3) is 0.615. The van der Waals surface area contributed by atoms with E-state index >= 15 is 0 Å². The highest BCUT2D eigenvalue weighted by atomic mass is 16.5. The van der Waals surface area contributed by atoms with Crippen LogP contribution in [0.1, 0.15) is 100.0 Å². The molecule has 0 bridgehead atoms. The van der Waals surface area contributed by atoms with Crippen molar-refractivity contribution >= 4 is 5.57 Å². The van der Waals surface area contributed by atoms with Gasteiger partial charge in [-0.05, 0) is 62.8 Å². The van der Waals surface area contributed by atoms with Crippen molar-refractivity contribution in [2.24, 2.45) is 5.92 Å². The number of hydrogen-bond donors (Lipinski definition) is 0. The van der Waals surface area contributed by atoms with Gasteiger partial charge < -0.3 is 4.74 Å². The van der Waals surface area contributed by atoms with Crippen LogP contribution < -0.4 is 4.74 Å². The molecule has 0 spiro atoms. The Morgan fingerprint density at radius 3 is 1.63 bits per heavy atom. The lowest BCUT2D eigenvalue weighted by Crippen LogP contribution is -1.99. The summed E-state index contributed by atoms with van der Waals surface area (Å²) < 4.78 is 5.06. The van der Waals surface area contributed by atoms with Gasteiger partial charge in [-0.3, -0.25) is 0 Å². The molecular weight excluding hydrogens is 328 g/mol. The maximum Gasteiger partial charge on any atom is 0.118 e. The molecule has 0 atom stereocenters. The Kier molecular flexibility index (Phi) is 25.2. The molecular formula is C26H48O. The first-order chi connectivity index (χ1) is 12.9. The molecule has 0 aliphatic rings. The second-order valence-corrected chi connectivity index (χ2v) is 6.53. The number of benzene rings is 1. The molecule has 1 nitrogen and oxygen atoms in total. The van der Waals surface area contributed by atoms with Gasteiger partial charge in [-0.2, -0.15) is 0 Å². The summed E-state index contributed by atoms with van der Waals surface area (Å²) in [6, 6.07) is 8.08. The quantitative estimate of drug-likeness (QED) is 0.431. The molecule has 1 aromatic rings. The van der Waals surface area contributed by atoms with Crippen molar-refractivity contribution < 1.29 is 4.74 Å². The van der Waals surface area contributed by atoms with Crippen molar-refractivity contribution in [3.05, 3.63) is 48.1 Å². The van der Waals surface area contributed by atoms with Gasteiger partial charge in [0.1, 0.15) is 5.75 Å². The summed E-state index contributed by atoms with van der Waals surface area (Å²) in [5.74, 6) is 1.69. The molecule has 0 heterocycles. The average molecular weight is 377 g/mol. The highest BCUT2D eigenvalue weighted by molar-refractivity contribution is 5.63. The molecule has 0 aliphatic heterocycles. The lowest BCUT2D eigenvalue weighted by atomic mass is 9.92. The maximum atomic E-state index is 5.06. The summed E-state index contributed by atoms with van der Waals surface area (Å²) in [4.78, 5) is 0. The second kappa shape index (κ2) is 22.5. The zero-order chi connectivity index (χ0) is 21.7. The summed E-state index contributed by atoms with van der Waals surface area (Å²) in [7, 11) is 1.68. The monoisotopic (exact) mass is 376 g/mol. The molecule has 27 heavy (non-hydrogen) atoms. The number of hydrogen-bond acceptors (Lipinski definition) is 1. The van der Waals surface area contributed by atoms with Gasteiger partial charge in [-0.15, -0.1) is 0 Å². The predicted octanol–water partition coefficient (Wildman–Crippen LogP) is 9.34. The zero-order valence-electron chi connectivity index (χ0n) is 20.1. The van der Waals surface area contributed by atoms with E-state index in [4.69, 9.17) is 4.74 Å². The molecule has 0 unspecified atom stereocenters. The van der Waals surface area contributed by atoms with Crippen LogP contribution >= 0.6 is 0 Å². The predicted molar refractivity (Wildman–Crippen MR) is 128 cm³/mol. The normalized spacial score (nSPS) is 9.81. The molecule has 0 fully saturated rings. The van der Waals surface area contributed by atoms with Gasteiger partial charge in [-0.1, -0.05) is 91.2 Å². The third-order valence-corrected chi connectivity index (χ3v) is 3.95. The minimum absolute atomic E-state index is 0.787. The van der Waals surface area contributed by atoms with Crippen molar-refractivity contribution in [3.63, 3.8) is 0 Å². The van der Waals surface area contributed by atoms with Crippen LogP contribution in [0.2, 0.25) is 0 Å². The van der Waals surface area contributed by atoms with E-state index in [1.54, 1.807) is 7.11 Å². The van der Waals surface area contributed by atoms with Crippen LogP contribution in [0, 0.1) is 5.92 Å². The second-order valence-electron chi connectivity index (χ2n) is 6.53. The first-order valence-corrected chi connectivity index (χ1v) is 10.8. The molecule has 0 aliphatic carbocycles. The summed E-state index contributed by atoms with van der Waals surface area (Å²) in [5, 5.41) is 0. The van der Waals surface area contributed by atoms with Crippen molar-refractivity contribution in [1.29, 1.82) is 0 Å². The Bertz CT molecular complexity index is 448. The minimum Gasteiger partial charge on any atom is -0.497 e. The topological polar surface area (TPSA) is 9.23 Å². The molecule has 0 saturated heterocycles. The first-order valence-electron chi connectivity index (χ1n) is 10.8. The van der Waals surface area contributed by atoms with Gasteiger partial charge in [0.25, 0.3) is 0 Å². The molecule has 0 N–H and O–H groups in total. The van der Waals surface area contributed by atoms with Crippen molar-refractivity contribution in [2.75, 3.05) is 7.11 Å². The standard InChI is InChI=1S/C11H14O.C10H20.C3H8.C2H6/c1-4-9(2)10-5-7-11(12-3)8-6-10;1-5-7-10(8-6-2)9(3)4;1-3-2;1-2/h4-8H,1-3H3;10H,3,5-8H2,1-2,4H3;3H2,1-2H3;1-2H3/b9-4+;;;. The van der Waals surface area contributed by atoms with Crippen molar-refractivity contribution in [1.82, 2.24) is 0 Å². The highest BCUT2D eigenvalue weighted by Crippen LogP contribution is 2.20. The molecule has 1 aromatic carbocycles. The highest BCUT2D eigenvalue weighted by Gasteiger charge is 2.05. The molecule has 0 saturated carbocycles. The number of rotatable bonds is 7. The van der Waals surface area contributed by atoms with Gasteiger partial charge in [0, 0.05) is 0 Å². The molecule has 0 amide bonds. The Morgan fingerprint density at radius 2 is 1.37 bits per heavy atom. The summed E-state index contributed by atoms with van der Waals surface area (Å²) in [6.07, 6.45) is 8.57. The van der Waals surface area contributed by atoms with Crippen molar-refractivity contribution in [3.8, 4) is 5.75 Å².